The van der Waals surface area contributed by atoms with Crippen LogP contribution in [-0.4, -0.2) is 5.48 Å². The summed E-state index contributed by atoms with van der Waals surface area (Å²) in [6.45, 7) is 4.50. The Morgan fingerprint density at radius 2 is 1.00 bits per heavy atom. The van der Waals surface area contributed by atoms with E-state index in [1.54, 1.807) is 0 Å². The average Bonchev–Trinajstić information content (AvgIpc) is 1.36. The molecular weight excluding hydrogens is 378 g/mol. The van der Waals surface area contributed by atoms with Crippen molar-refractivity contribution in [2.45, 2.75) is 0 Å². The molecule has 0 bridgehead atoms. The molecule has 0 aromatic heterocycles. The van der Waals surface area contributed by atoms with E-state index >= 15 is 0 Å². The Morgan fingerprint density at radius 1 is 1.00 bits per heavy atom. The summed E-state index contributed by atoms with van der Waals surface area (Å²) >= 11 is -3.11. The van der Waals surface area contributed by atoms with E-state index in [2.05, 4.69) is 6.65 Å². The molecule has 0 radical (unpaired) electrons. The third-order valence-electron chi connectivity index (χ3n) is 0. The Morgan fingerprint density at radius 3 is 1.00 bits per heavy atom. The van der Waals surface area contributed by atoms with Crippen molar-refractivity contribution >= 4 is 38.3 Å². The molecule has 0 fully saturated rings. The fourth-order valence-corrected chi connectivity index (χ4v) is 0. The van der Waals surface area contributed by atoms with Gasteiger partial charge in [0.1, 0.15) is 0 Å². The fraction of sp³-hybridized carbons (Fsp3) is 0. The van der Waals surface area contributed by atoms with Crippen molar-refractivity contribution in [1.82, 2.24) is 0 Å². The summed E-state index contributed by atoms with van der Waals surface area (Å²) in [5.74, 6) is 0. The second kappa shape index (κ2) is 8.51. The summed E-state index contributed by atoms with van der Waals surface area (Å²) < 4.78 is 7.50. The molecule has 55 valence electrons. The van der Waals surface area contributed by atoms with Crippen LogP contribution in [0.15, 0.2) is 0 Å². The second-order valence-corrected chi connectivity index (χ2v) is 21.0. The van der Waals surface area contributed by atoms with Crippen molar-refractivity contribution in [3.63, 3.8) is 0 Å². The van der Waals surface area contributed by atoms with Crippen molar-refractivity contribution in [2.75, 3.05) is 0 Å². The third kappa shape index (κ3) is 140. The van der Waals surface area contributed by atoms with Gasteiger partial charge in [-0.05, 0) is 0 Å². The molecule has 8 heavy (non-hydrogen) atoms. The van der Waals surface area contributed by atoms with Crippen LogP contribution in [0.25, 0.3) is 0 Å². The summed E-state index contributed by atoms with van der Waals surface area (Å²) in [5.41, 5.74) is 0. The van der Waals surface area contributed by atoms with E-state index < -0.39 is 11.2 Å². The summed E-state index contributed by atoms with van der Waals surface area (Å²) in [6, 6.07) is 0. The number of hydrogen-bond acceptors (Lipinski definition) is 0. The van der Waals surface area contributed by atoms with Gasteiger partial charge in [-0.25, -0.2) is 0 Å². The molecule has 0 aliphatic rings. The topological polar surface area (TPSA) is 51.4 Å². The molecule has 0 unspecified atom stereocenters. The first-order valence-electron chi connectivity index (χ1n) is 0.708. The Balaban J connectivity index is -0.0000000750. The first-order valence-corrected chi connectivity index (χ1v) is 12.6. The molecule has 0 aliphatic carbocycles. The normalized spacial score (nSPS) is 9.75. The molecule has 0 aliphatic heterocycles. The van der Waals surface area contributed by atoms with Crippen molar-refractivity contribution in [1.29, 1.82) is 0 Å². The van der Waals surface area contributed by atoms with Gasteiger partial charge < -0.3 is 5.48 Å². The molecule has 0 heterocycles. The van der Waals surface area contributed by atoms with Crippen LogP contribution in [0.4, 0.5) is 0 Å². The van der Waals surface area contributed by atoms with Gasteiger partial charge in [-0.1, -0.05) is 0 Å². The number of hydrogen-bond donors (Lipinski definition) is 0. The molecule has 0 aromatic rings. The van der Waals surface area contributed by atoms with Crippen LogP contribution in [0.1, 0.15) is 0 Å². The Labute approximate surface area is 66.0 Å². The van der Waals surface area contributed by atoms with Gasteiger partial charge in [-0.3, -0.25) is 0 Å². The van der Waals surface area contributed by atoms with Gasteiger partial charge >= 0.3 is 60.9 Å². The maximum atomic E-state index is 7.50. The fourth-order valence-electron chi connectivity index (χ4n) is 0. The van der Waals surface area contributed by atoms with Gasteiger partial charge in [0.15, 0.2) is 0 Å². The average molecular weight is 380 g/mol. The second-order valence-electron chi connectivity index (χ2n) is 0.286. The monoisotopic (exact) mass is 379 g/mol. The van der Waals surface area contributed by atoms with Crippen molar-refractivity contribution in [3.8, 4) is 0 Å². The molecule has 0 saturated carbocycles. The van der Waals surface area contributed by atoms with Crippen LogP contribution in [0.5, 0.6) is 0 Å². The van der Waals surface area contributed by atoms with E-state index in [4.69, 9.17) is 43.0 Å². The number of halogens is 4. The predicted molar refractivity (Wildman–Crippen MR) is 31.0 cm³/mol. The minimum atomic E-state index is -3.11. The first-order chi connectivity index (χ1) is 3.00. The summed E-state index contributed by atoms with van der Waals surface area (Å²) in [6.07, 6.45) is 0. The van der Waals surface area contributed by atoms with Crippen LogP contribution in [0.2, 0.25) is 0 Å². The predicted octanol–water partition coefficient (Wildman–Crippen LogP) is 1.89. The summed E-state index contributed by atoms with van der Waals surface area (Å²) in [5, 5.41) is 0. The van der Waals surface area contributed by atoms with Crippen LogP contribution >= 0.6 is 38.3 Å². The zero-order chi connectivity index (χ0) is 6.50. The molecule has 7 heteroatoms. The van der Waals surface area contributed by atoms with Gasteiger partial charge in [0, 0.05) is 0 Å². The number of rotatable bonds is 0. The van der Waals surface area contributed by atoms with E-state index in [1.807, 2.05) is 0 Å². The third-order valence-corrected chi connectivity index (χ3v) is 0. The first kappa shape index (κ1) is 16.3. The van der Waals surface area contributed by atoms with E-state index in [0.29, 0.717) is 0 Å². The molecule has 2 nitrogen and oxygen atoms in total. The quantitative estimate of drug-likeness (QED) is 0.456. The van der Waals surface area contributed by atoms with Crippen LogP contribution < -0.4 is 0 Å². The van der Waals surface area contributed by atoms with Crippen LogP contribution in [0, 0.1) is 6.65 Å². The van der Waals surface area contributed by atoms with E-state index in [0.717, 1.165) is 0 Å². The molecule has 0 amide bonds. The van der Waals surface area contributed by atoms with Gasteiger partial charge in [-0.15, -0.1) is 0 Å². The molecule has 0 spiro atoms. The van der Waals surface area contributed by atoms with Crippen LogP contribution in [0.3, 0.4) is 0 Å². The molecule has 0 saturated heterocycles. The van der Waals surface area contributed by atoms with Gasteiger partial charge in [0.05, 0.1) is 0 Å². The Bertz CT molecular complexity index is 50.8. The minimum absolute atomic E-state index is 0. The Hall–Kier alpha value is 1.51. The van der Waals surface area contributed by atoms with Crippen molar-refractivity contribution < 1.29 is 21.4 Å². The maximum absolute atomic E-state index is 7.50. The Kier molecular flexibility index (Phi) is 17.3. The van der Waals surface area contributed by atoms with Gasteiger partial charge in [-0.2, -0.15) is 0 Å². The SMILES string of the molecule is O.[C-]#[O+].[Cl][Ir]([Cl])([Cl])[Cl]. The van der Waals surface area contributed by atoms with E-state index in [1.165, 1.54) is 0 Å². The summed E-state index contributed by atoms with van der Waals surface area (Å²) in [4.78, 5) is 0. The zero-order valence-corrected chi connectivity index (χ0v) is 8.67. The standard InChI is InChI=1S/CO.4ClH.Ir.H2O/c1-2;;;;;;/h;4*1H;;1H2/q;;;;;+4;/p-4. The van der Waals surface area contributed by atoms with Gasteiger partial charge in [0.2, 0.25) is 0 Å². The van der Waals surface area contributed by atoms with E-state index in [-0.39, 0.29) is 5.48 Å². The summed E-state index contributed by atoms with van der Waals surface area (Å²) in [7, 11) is 20.1. The molecule has 0 rings (SSSR count). The van der Waals surface area contributed by atoms with Gasteiger partial charge in [0.25, 0.3) is 0 Å². The van der Waals surface area contributed by atoms with Crippen molar-refractivity contribution in [3.05, 3.63) is 6.65 Å². The van der Waals surface area contributed by atoms with Crippen LogP contribution in [-0.2, 0) is 15.9 Å². The van der Waals surface area contributed by atoms with Crippen molar-refractivity contribution in [2.24, 2.45) is 0 Å². The molecular formula is CH2Cl4IrO2. The molecule has 2 N–H and O–H groups in total. The molecule has 0 aromatic carbocycles. The molecule has 0 atom stereocenters. The zero-order valence-electron chi connectivity index (χ0n) is 3.25. The van der Waals surface area contributed by atoms with E-state index in [9.17, 15) is 0 Å².